The van der Waals surface area contributed by atoms with Crippen molar-refractivity contribution in [1.29, 1.82) is 0 Å². The van der Waals surface area contributed by atoms with Crippen molar-refractivity contribution in [3.8, 4) is 5.75 Å². The minimum absolute atomic E-state index is 0.0818. The molecule has 8 nitrogen and oxygen atoms in total. The molecule has 150 valence electrons. The number of phenolic OH excluding ortho intramolecular Hbond substituents is 1. The molecule has 0 aliphatic heterocycles. The van der Waals surface area contributed by atoms with E-state index in [1.165, 1.54) is 37.1 Å². The Labute approximate surface area is 163 Å². The molecule has 0 saturated carbocycles. The predicted octanol–water partition coefficient (Wildman–Crippen LogP) is 2.76. The van der Waals surface area contributed by atoms with E-state index in [9.17, 15) is 19.5 Å². The second-order valence-corrected chi connectivity index (χ2v) is 7.68. The van der Waals surface area contributed by atoms with Gasteiger partial charge >= 0.3 is 12.1 Å². The summed E-state index contributed by atoms with van der Waals surface area (Å²) in [6, 6.07) is 3.17. The van der Waals surface area contributed by atoms with Crippen LogP contribution in [0.5, 0.6) is 5.75 Å². The van der Waals surface area contributed by atoms with Crippen molar-refractivity contribution in [2.24, 2.45) is 0 Å². The third-order valence-electron chi connectivity index (χ3n) is 3.29. The van der Waals surface area contributed by atoms with Gasteiger partial charge in [-0.3, -0.25) is 10.1 Å². The van der Waals surface area contributed by atoms with Crippen LogP contribution in [0.2, 0.25) is 0 Å². The first-order chi connectivity index (χ1) is 12.6. The molecular formula is C18H26N2O6S. The lowest BCUT2D eigenvalue weighted by Crippen LogP contribution is -2.42. The topological polar surface area (TPSA) is 114 Å². The molecule has 27 heavy (non-hydrogen) atoms. The van der Waals surface area contributed by atoms with Gasteiger partial charge in [-0.25, -0.2) is 9.59 Å². The summed E-state index contributed by atoms with van der Waals surface area (Å²) < 4.78 is 9.85. The van der Waals surface area contributed by atoms with E-state index in [0.29, 0.717) is 12.2 Å². The molecule has 0 heterocycles. The lowest BCUT2D eigenvalue weighted by atomic mass is 10.1. The van der Waals surface area contributed by atoms with E-state index in [1.807, 2.05) is 6.26 Å². The summed E-state index contributed by atoms with van der Waals surface area (Å²) in [5.74, 6) is -0.862. The summed E-state index contributed by atoms with van der Waals surface area (Å²) >= 11 is 1.53. The third kappa shape index (κ3) is 7.78. The minimum atomic E-state index is -0.836. The number of nitrogens with one attached hydrogen (secondary N) is 2. The van der Waals surface area contributed by atoms with Gasteiger partial charge in [-0.15, -0.1) is 0 Å². The monoisotopic (exact) mass is 398 g/mol. The van der Waals surface area contributed by atoms with Gasteiger partial charge in [-0.05, 0) is 57.4 Å². The molecule has 0 radical (unpaired) electrons. The molecule has 1 rings (SSSR count). The highest BCUT2D eigenvalue weighted by Crippen LogP contribution is 2.22. The molecule has 1 aromatic carbocycles. The summed E-state index contributed by atoms with van der Waals surface area (Å²) in [5.41, 5.74) is -0.487. The van der Waals surface area contributed by atoms with Gasteiger partial charge in [0.25, 0.3) is 5.91 Å². The molecule has 0 saturated heterocycles. The van der Waals surface area contributed by atoms with Crippen LogP contribution < -0.4 is 10.6 Å². The fraction of sp³-hybridized carbons (Fsp3) is 0.500. The Morgan fingerprint density at radius 1 is 1.26 bits per heavy atom. The number of phenols is 1. The quantitative estimate of drug-likeness (QED) is 0.478. The van der Waals surface area contributed by atoms with E-state index in [4.69, 9.17) is 9.47 Å². The first kappa shape index (κ1) is 22.6. The average Bonchev–Trinajstić information content (AvgIpc) is 2.57. The van der Waals surface area contributed by atoms with Crippen LogP contribution in [0.1, 0.15) is 37.6 Å². The van der Waals surface area contributed by atoms with Gasteiger partial charge < -0.3 is 19.9 Å². The Balaban J connectivity index is 2.92. The van der Waals surface area contributed by atoms with E-state index >= 15 is 0 Å². The Morgan fingerprint density at radius 3 is 2.48 bits per heavy atom. The number of methoxy groups -OCH3 is 1. The second-order valence-electron chi connectivity index (χ2n) is 6.69. The summed E-state index contributed by atoms with van der Waals surface area (Å²) in [6.07, 6.45) is 1.58. The molecule has 0 fully saturated rings. The predicted molar refractivity (Wildman–Crippen MR) is 104 cm³/mol. The standard InChI is InChI=1S/C18H26N2O6S/c1-18(2,3)26-17(24)19-11-6-7-14(21)12(10-11)15(22)20-13(8-9-27-5)16(23)25-4/h6-7,10,13,21H,8-9H2,1-5H3,(H,19,24)(H,20,22)/t13-/m0/s1. The first-order valence-electron chi connectivity index (χ1n) is 8.28. The van der Waals surface area contributed by atoms with Crippen molar-refractivity contribution in [3.05, 3.63) is 23.8 Å². The molecule has 3 N–H and O–H groups in total. The van der Waals surface area contributed by atoms with Gasteiger partial charge in [0.1, 0.15) is 17.4 Å². The Morgan fingerprint density at radius 2 is 1.93 bits per heavy atom. The number of aromatic hydroxyl groups is 1. The van der Waals surface area contributed by atoms with E-state index in [-0.39, 0.29) is 17.0 Å². The average molecular weight is 398 g/mol. The van der Waals surface area contributed by atoms with E-state index in [2.05, 4.69) is 10.6 Å². The maximum atomic E-state index is 12.5. The molecule has 1 atom stereocenters. The molecular weight excluding hydrogens is 372 g/mol. The van der Waals surface area contributed by atoms with Crippen LogP contribution >= 0.6 is 11.8 Å². The normalized spacial score (nSPS) is 12.0. The van der Waals surface area contributed by atoms with Crippen LogP contribution in [-0.2, 0) is 14.3 Å². The van der Waals surface area contributed by atoms with Gasteiger partial charge in [0.2, 0.25) is 0 Å². The number of carbonyl (C=O) groups excluding carboxylic acids is 3. The highest BCUT2D eigenvalue weighted by molar-refractivity contribution is 7.98. The summed E-state index contributed by atoms with van der Waals surface area (Å²) in [5, 5.41) is 15.0. The van der Waals surface area contributed by atoms with Crippen molar-refractivity contribution in [3.63, 3.8) is 0 Å². The zero-order chi connectivity index (χ0) is 20.6. The van der Waals surface area contributed by atoms with Crippen molar-refractivity contribution >= 4 is 35.4 Å². The fourth-order valence-electron chi connectivity index (χ4n) is 2.08. The van der Waals surface area contributed by atoms with Crippen LogP contribution in [0, 0.1) is 0 Å². The molecule has 0 aromatic heterocycles. The largest absolute Gasteiger partial charge is 0.507 e. The van der Waals surface area contributed by atoms with Crippen LogP contribution in [-0.4, -0.2) is 53.8 Å². The first-order valence-corrected chi connectivity index (χ1v) is 9.67. The molecule has 9 heteroatoms. The van der Waals surface area contributed by atoms with Crippen LogP contribution in [0.3, 0.4) is 0 Å². The van der Waals surface area contributed by atoms with Crippen molar-refractivity contribution < 1.29 is 29.0 Å². The summed E-state index contributed by atoms with van der Waals surface area (Å²) in [6.45, 7) is 5.18. The van der Waals surface area contributed by atoms with Gasteiger partial charge in [0, 0.05) is 5.69 Å². The highest BCUT2D eigenvalue weighted by atomic mass is 32.2. The number of ether oxygens (including phenoxy) is 2. The van der Waals surface area contributed by atoms with E-state index in [1.54, 1.807) is 20.8 Å². The fourth-order valence-corrected chi connectivity index (χ4v) is 2.55. The molecule has 0 spiro atoms. The van der Waals surface area contributed by atoms with Gasteiger partial charge in [-0.2, -0.15) is 11.8 Å². The maximum Gasteiger partial charge on any atom is 0.412 e. The van der Waals surface area contributed by atoms with E-state index in [0.717, 1.165) is 0 Å². The van der Waals surface area contributed by atoms with Crippen molar-refractivity contribution in [2.75, 3.05) is 24.4 Å². The third-order valence-corrected chi connectivity index (χ3v) is 3.93. The summed E-state index contributed by atoms with van der Waals surface area (Å²) in [7, 11) is 1.24. The van der Waals surface area contributed by atoms with Crippen molar-refractivity contribution in [2.45, 2.75) is 38.8 Å². The van der Waals surface area contributed by atoms with Crippen LogP contribution in [0.4, 0.5) is 10.5 Å². The SMILES string of the molecule is COC(=O)[C@H](CCSC)NC(=O)c1cc(NC(=O)OC(C)(C)C)ccc1O. The zero-order valence-corrected chi connectivity index (χ0v) is 16.9. The highest BCUT2D eigenvalue weighted by Gasteiger charge is 2.24. The number of carbonyl (C=O) groups is 3. The Bertz CT molecular complexity index is 687. The van der Waals surface area contributed by atoms with Crippen molar-refractivity contribution in [1.82, 2.24) is 5.32 Å². The van der Waals surface area contributed by atoms with Crippen LogP contribution in [0.15, 0.2) is 18.2 Å². The van der Waals surface area contributed by atoms with Gasteiger partial charge in [-0.1, -0.05) is 0 Å². The molecule has 0 aliphatic carbocycles. The smallest absolute Gasteiger partial charge is 0.412 e. The number of thioether (sulfide) groups is 1. The molecule has 0 unspecified atom stereocenters. The number of hydrogen-bond acceptors (Lipinski definition) is 7. The lowest BCUT2D eigenvalue weighted by Gasteiger charge is -2.20. The second kappa shape index (κ2) is 10.1. The van der Waals surface area contributed by atoms with E-state index < -0.39 is 29.6 Å². The van der Waals surface area contributed by atoms with Gasteiger partial charge in [0.05, 0.1) is 12.7 Å². The van der Waals surface area contributed by atoms with Crippen LogP contribution in [0.25, 0.3) is 0 Å². The number of rotatable bonds is 7. The zero-order valence-electron chi connectivity index (χ0n) is 16.1. The number of esters is 1. The van der Waals surface area contributed by atoms with Gasteiger partial charge in [0.15, 0.2) is 0 Å². The molecule has 0 aliphatic rings. The molecule has 0 bridgehead atoms. The lowest BCUT2D eigenvalue weighted by molar-refractivity contribution is -0.142. The number of anilines is 1. The summed E-state index contributed by atoms with van der Waals surface area (Å²) in [4.78, 5) is 36.2. The number of hydrogen-bond donors (Lipinski definition) is 3. The Kier molecular flexibility index (Phi) is 8.42. The molecule has 2 amide bonds. The Hall–Kier alpha value is -2.42. The minimum Gasteiger partial charge on any atom is -0.507 e. The molecule has 1 aromatic rings. The number of amides is 2. The number of benzene rings is 1. The maximum absolute atomic E-state index is 12.5.